The summed E-state index contributed by atoms with van der Waals surface area (Å²) in [6, 6.07) is 7.66. The number of amidine groups is 1. The number of pyridine rings is 1. The lowest BCUT2D eigenvalue weighted by molar-refractivity contribution is 0.429. The molecule has 0 saturated carbocycles. The lowest BCUT2D eigenvalue weighted by Crippen LogP contribution is -2.13. The number of benzene rings is 1. The zero-order valence-electron chi connectivity index (χ0n) is 10.6. The number of para-hydroxylation sites is 1. The maximum Gasteiger partial charge on any atom is 0.281 e. The van der Waals surface area contributed by atoms with Crippen LogP contribution in [-0.2, 0) is 0 Å². The molecule has 0 amide bonds. The van der Waals surface area contributed by atoms with E-state index in [-0.39, 0.29) is 5.84 Å². The molecular weight excluding hydrogens is 274 g/mol. The third kappa shape index (κ3) is 2.23. The molecule has 7 heteroatoms. The van der Waals surface area contributed by atoms with Gasteiger partial charge in [0.1, 0.15) is 5.84 Å². The van der Waals surface area contributed by atoms with Gasteiger partial charge in [0.15, 0.2) is 0 Å². The second kappa shape index (κ2) is 4.93. The molecule has 0 aliphatic carbocycles. The first-order valence-electron chi connectivity index (χ1n) is 5.85. The van der Waals surface area contributed by atoms with Crippen LogP contribution in [0.1, 0.15) is 11.5 Å². The van der Waals surface area contributed by atoms with Crippen LogP contribution >= 0.6 is 11.8 Å². The van der Waals surface area contributed by atoms with E-state index >= 15 is 0 Å². The first-order chi connectivity index (χ1) is 9.65. The van der Waals surface area contributed by atoms with Gasteiger partial charge in [-0.3, -0.25) is 10.4 Å². The van der Waals surface area contributed by atoms with Gasteiger partial charge in [0, 0.05) is 29.0 Å². The van der Waals surface area contributed by atoms with Crippen LogP contribution in [0.15, 0.2) is 45.0 Å². The molecule has 3 rings (SSSR count). The smallest absolute Gasteiger partial charge is 0.281 e. The van der Waals surface area contributed by atoms with E-state index in [1.807, 2.05) is 24.3 Å². The van der Waals surface area contributed by atoms with Gasteiger partial charge in [-0.1, -0.05) is 18.2 Å². The van der Waals surface area contributed by atoms with Crippen molar-refractivity contribution < 1.29 is 4.42 Å². The van der Waals surface area contributed by atoms with E-state index in [1.165, 1.54) is 11.8 Å². The molecule has 0 aliphatic rings. The molecule has 2 heterocycles. The maximum atomic E-state index is 7.68. The van der Waals surface area contributed by atoms with Crippen LogP contribution in [0.3, 0.4) is 0 Å². The lowest BCUT2D eigenvalue weighted by Gasteiger charge is -2.08. The quantitative estimate of drug-likeness (QED) is 0.566. The number of nitrogen functional groups attached to an aromatic ring is 1. The molecule has 0 atom stereocenters. The second-order valence-corrected chi connectivity index (χ2v) is 5.08. The Morgan fingerprint density at radius 3 is 2.80 bits per heavy atom. The first-order valence-corrected chi connectivity index (χ1v) is 6.67. The van der Waals surface area contributed by atoms with E-state index in [9.17, 15) is 0 Å². The van der Waals surface area contributed by atoms with Crippen LogP contribution < -0.4 is 5.73 Å². The van der Waals surface area contributed by atoms with Crippen LogP contribution in [0.5, 0.6) is 0 Å². The minimum Gasteiger partial charge on any atom is -0.416 e. The third-order valence-electron chi connectivity index (χ3n) is 2.71. The zero-order chi connectivity index (χ0) is 14.1. The summed E-state index contributed by atoms with van der Waals surface area (Å²) in [5.41, 5.74) is 7.02. The average molecular weight is 285 g/mol. The minimum absolute atomic E-state index is 0.0398. The molecule has 2 aromatic heterocycles. The number of nitrogens with one attached hydrogen (secondary N) is 1. The third-order valence-corrected chi connectivity index (χ3v) is 3.70. The number of fused-ring (bicyclic) bond motifs is 1. The predicted octanol–water partition coefficient (Wildman–Crippen LogP) is 2.36. The van der Waals surface area contributed by atoms with Crippen molar-refractivity contribution in [1.82, 2.24) is 15.2 Å². The fourth-order valence-electron chi connectivity index (χ4n) is 1.82. The lowest BCUT2D eigenvalue weighted by atomic mass is 10.1. The highest BCUT2D eigenvalue weighted by Gasteiger charge is 2.15. The largest absolute Gasteiger partial charge is 0.416 e. The molecule has 6 nitrogen and oxygen atoms in total. The SMILES string of the molecule is Cc1nnc(Sc2c(C(=N)N)cnc3ccccc23)o1. The van der Waals surface area contributed by atoms with Crippen molar-refractivity contribution in [2.24, 2.45) is 5.73 Å². The molecule has 1 aromatic carbocycles. The van der Waals surface area contributed by atoms with E-state index in [1.54, 1.807) is 13.1 Å². The van der Waals surface area contributed by atoms with E-state index in [0.717, 1.165) is 15.8 Å². The summed E-state index contributed by atoms with van der Waals surface area (Å²) >= 11 is 1.29. The highest BCUT2D eigenvalue weighted by atomic mass is 32.2. The van der Waals surface area contributed by atoms with Crippen molar-refractivity contribution in [3.05, 3.63) is 41.9 Å². The fraction of sp³-hybridized carbons (Fsp3) is 0.0769. The van der Waals surface area contributed by atoms with Crippen LogP contribution in [-0.4, -0.2) is 21.0 Å². The van der Waals surface area contributed by atoms with Gasteiger partial charge in [-0.25, -0.2) is 0 Å². The number of aromatic nitrogens is 3. The van der Waals surface area contributed by atoms with Gasteiger partial charge in [-0.05, 0) is 17.8 Å². The Bertz CT molecular complexity index is 798. The number of hydrogen-bond acceptors (Lipinski definition) is 6. The van der Waals surface area contributed by atoms with Crippen LogP contribution in [0.2, 0.25) is 0 Å². The first kappa shape index (κ1) is 12.6. The molecule has 0 bridgehead atoms. The molecule has 0 aliphatic heterocycles. The van der Waals surface area contributed by atoms with Gasteiger partial charge in [0.2, 0.25) is 5.89 Å². The number of aryl methyl sites for hydroxylation is 1. The summed E-state index contributed by atoms with van der Waals surface area (Å²) in [5, 5.41) is 16.8. The molecule has 0 spiro atoms. The van der Waals surface area contributed by atoms with Crippen molar-refractivity contribution >= 4 is 28.5 Å². The summed E-state index contributed by atoms with van der Waals surface area (Å²) in [6.07, 6.45) is 1.59. The molecule has 0 unspecified atom stereocenters. The molecule has 3 N–H and O–H groups in total. The Hall–Kier alpha value is -2.41. The molecule has 0 fully saturated rings. The topological polar surface area (TPSA) is 102 Å². The molecular formula is C13H11N5OS. The van der Waals surface area contributed by atoms with Crippen molar-refractivity contribution in [3.8, 4) is 0 Å². The van der Waals surface area contributed by atoms with Crippen molar-refractivity contribution in [1.29, 1.82) is 5.41 Å². The van der Waals surface area contributed by atoms with Gasteiger partial charge in [-0.2, -0.15) is 0 Å². The van der Waals surface area contributed by atoms with E-state index in [2.05, 4.69) is 15.2 Å². The van der Waals surface area contributed by atoms with E-state index in [4.69, 9.17) is 15.6 Å². The average Bonchev–Trinajstić information content (AvgIpc) is 2.84. The maximum absolute atomic E-state index is 7.68. The Balaban J connectivity index is 2.19. The summed E-state index contributed by atoms with van der Waals surface area (Å²) in [7, 11) is 0. The second-order valence-electron chi connectivity index (χ2n) is 4.12. The van der Waals surface area contributed by atoms with E-state index < -0.39 is 0 Å². The van der Waals surface area contributed by atoms with Crippen LogP contribution in [0.4, 0.5) is 0 Å². The normalized spacial score (nSPS) is 10.8. The molecule has 100 valence electrons. The Morgan fingerprint density at radius 1 is 1.30 bits per heavy atom. The van der Waals surface area contributed by atoms with E-state index in [0.29, 0.717) is 16.7 Å². The molecule has 0 radical (unpaired) electrons. The number of nitrogens with zero attached hydrogens (tertiary/aromatic N) is 3. The summed E-state index contributed by atoms with van der Waals surface area (Å²) in [5.74, 6) is 0.456. The Kier molecular flexibility index (Phi) is 3.11. The van der Waals surface area contributed by atoms with Crippen molar-refractivity contribution in [2.75, 3.05) is 0 Å². The van der Waals surface area contributed by atoms with Gasteiger partial charge in [-0.15, -0.1) is 10.2 Å². The van der Waals surface area contributed by atoms with Crippen LogP contribution in [0.25, 0.3) is 10.9 Å². The fourth-order valence-corrected chi connectivity index (χ4v) is 2.80. The number of hydrogen-bond donors (Lipinski definition) is 2. The highest BCUT2D eigenvalue weighted by Crippen LogP contribution is 2.34. The van der Waals surface area contributed by atoms with Crippen molar-refractivity contribution in [3.63, 3.8) is 0 Å². The Morgan fingerprint density at radius 2 is 2.10 bits per heavy atom. The number of rotatable bonds is 3. The predicted molar refractivity (Wildman–Crippen MR) is 75.9 cm³/mol. The van der Waals surface area contributed by atoms with Gasteiger partial charge in [0.25, 0.3) is 5.22 Å². The van der Waals surface area contributed by atoms with Gasteiger partial charge >= 0.3 is 0 Å². The van der Waals surface area contributed by atoms with Crippen LogP contribution in [0, 0.1) is 12.3 Å². The molecule has 3 aromatic rings. The summed E-state index contributed by atoms with van der Waals surface area (Å²) in [6.45, 7) is 1.73. The van der Waals surface area contributed by atoms with Gasteiger partial charge < -0.3 is 10.2 Å². The molecule has 0 saturated heterocycles. The number of nitrogens with two attached hydrogens (primary N) is 1. The zero-order valence-corrected chi connectivity index (χ0v) is 11.4. The van der Waals surface area contributed by atoms with Crippen molar-refractivity contribution in [2.45, 2.75) is 17.0 Å². The Labute approximate surface area is 118 Å². The summed E-state index contributed by atoms with van der Waals surface area (Å²) in [4.78, 5) is 5.11. The minimum atomic E-state index is -0.0398. The monoisotopic (exact) mass is 285 g/mol. The van der Waals surface area contributed by atoms with Gasteiger partial charge in [0.05, 0.1) is 5.52 Å². The standard InChI is InChI=1S/C13H11N5OS/c1-7-17-18-13(19-7)20-11-8-4-2-3-5-10(8)16-6-9(11)12(14)15/h2-6H,1H3,(H3,14,15). The molecule has 20 heavy (non-hydrogen) atoms. The highest BCUT2D eigenvalue weighted by molar-refractivity contribution is 7.99. The summed E-state index contributed by atoms with van der Waals surface area (Å²) < 4.78 is 5.38.